The fourth-order valence-corrected chi connectivity index (χ4v) is 2.98. The predicted octanol–water partition coefficient (Wildman–Crippen LogP) is 3.99. The second-order valence-electron chi connectivity index (χ2n) is 3.99. The Labute approximate surface area is 120 Å². The molecule has 0 aliphatic heterocycles. The van der Waals surface area contributed by atoms with Crippen molar-refractivity contribution < 1.29 is 9.59 Å². The number of carbonyl (C=O) groups excluding carboxylic acids is 2. The van der Waals surface area contributed by atoms with E-state index in [1.807, 2.05) is 0 Å². The minimum absolute atomic E-state index is 0.103. The minimum Gasteiger partial charge on any atom is -0.289 e. The molecular formula is C14H6Br2O2. The number of rotatable bonds is 0. The largest absolute Gasteiger partial charge is 0.289 e. The van der Waals surface area contributed by atoms with Gasteiger partial charge in [-0.15, -0.1) is 0 Å². The van der Waals surface area contributed by atoms with Crippen LogP contribution >= 0.6 is 31.9 Å². The molecule has 0 radical (unpaired) electrons. The molecule has 0 unspecified atom stereocenters. The highest BCUT2D eigenvalue weighted by molar-refractivity contribution is 9.13. The maximum atomic E-state index is 12.4. The summed E-state index contributed by atoms with van der Waals surface area (Å²) in [5.74, 6) is -0.221. The van der Waals surface area contributed by atoms with E-state index >= 15 is 0 Å². The number of benzene rings is 2. The Morgan fingerprint density at radius 2 is 1.33 bits per heavy atom. The molecule has 1 aliphatic rings. The average molecular weight is 366 g/mol. The lowest BCUT2D eigenvalue weighted by Gasteiger charge is -2.18. The summed E-state index contributed by atoms with van der Waals surface area (Å²) >= 11 is 6.72. The smallest absolute Gasteiger partial charge is 0.195 e. The molecule has 0 N–H and O–H groups in total. The number of fused-ring (bicyclic) bond motifs is 2. The van der Waals surface area contributed by atoms with Crippen molar-refractivity contribution in [1.82, 2.24) is 0 Å². The Morgan fingerprint density at radius 1 is 0.722 bits per heavy atom. The predicted molar refractivity (Wildman–Crippen MR) is 75.1 cm³/mol. The number of halogens is 2. The van der Waals surface area contributed by atoms with Crippen LogP contribution < -0.4 is 0 Å². The normalized spacial score (nSPS) is 13.2. The molecule has 0 spiro atoms. The highest BCUT2D eigenvalue weighted by Crippen LogP contribution is 2.35. The topological polar surface area (TPSA) is 34.1 Å². The van der Waals surface area contributed by atoms with Crippen LogP contribution in [0.15, 0.2) is 45.3 Å². The first-order valence-corrected chi connectivity index (χ1v) is 6.86. The highest BCUT2D eigenvalue weighted by atomic mass is 79.9. The van der Waals surface area contributed by atoms with E-state index < -0.39 is 0 Å². The van der Waals surface area contributed by atoms with Gasteiger partial charge in [0, 0.05) is 31.2 Å². The SMILES string of the molecule is O=C1c2ccccc2C(=O)c2c1ccc(Br)c2Br. The lowest BCUT2D eigenvalue weighted by molar-refractivity contribution is 0.0978. The minimum atomic E-state index is -0.117. The van der Waals surface area contributed by atoms with Crippen molar-refractivity contribution in [2.75, 3.05) is 0 Å². The van der Waals surface area contributed by atoms with Crippen LogP contribution in [0.4, 0.5) is 0 Å². The molecule has 0 atom stereocenters. The molecule has 0 aromatic heterocycles. The Morgan fingerprint density at radius 3 is 2.00 bits per heavy atom. The van der Waals surface area contributed by atoms with Crippen LogP contribution in [0, 0.1) is 0 Å². The third-order valence-electron chi connectivity index (χ3n) is 2.98. The Kier molecular flexibility index (Phi) is 2.72. The van der Waals surface area contributed by atoms with E-state index in [4.69, 9.17) is 0 Å². The molecule has 0 bridgehead atoms. The van der Waals surface area contributed by atoms with E-state index in [9.17, 15) is 9.59 Å². The molecule has 0 heterocycles. The molecule has 0 fully saturated rings. The van der Waals surface area contributed by atoms with Gasteiger partial charge in [0.05, 0.1) is 0 Å². The lowest BCUT2D eigenvalue weighted by Crippen LogP contribution is -2.21. The van der Waals surface area contributed by atoms with Crippen LogP contribution in [0.1, 0.15) is 31.8 Å². The van der Waals surface area contributed by atoms with Crippen LogP contribution in [0.3, 0.4) is 0 Å². The van der Waals surface area contributed by atoms with Gasteiger partial charge in [0.15, 0.2) is 11.6 Å². The van der Waals surface area contributed by atoms with Gasteiger partial charge < -0.3 is 0 Å². The summed E-state index contributed by atoms with van der Waals surface area (Å²) in [6.07, 6.45) is 0. The summed E-state index contributed by atoms with van der Waals surface area (Å²) in [4.78, 5) is 24.8. The zero-order chi connectivity index (χ0) is 12.9. The van der Waals surface area contributed by atoms with Gasteiger partial charge in [-0.05, 0) is 44.0 Å². The quantitative estimate of drug-likeness (QED) is 0.603. The molecule has 18 heavy (non-hydrogen) atoms. The van der Waals surface area contributed by atoms with Gasteiger partial charge in [-0.3, -0.25) is 9.59 Å². The van der Waals surface area contributed by atoms with Gasteiger partial charge in [-0.1, -0.05) is 24.3 Å². The Bertz CT molecular complexity index is 705. The molecule has 0 saturated carbocycles. The highest BCUT2D eigenvalue weighted by Gasteiger charge is 2.31. The maximum absolute atomic E-state index is 12.4. The van der Waals surface area contributed by atoms with Crippen molar-refractivity contribution in [3.63, 3.8) is 0 Å². The molecule has 4 heteroatoms. The monoisotopic (exact) mass is 364 g/mol. The zero-order valence-electron chi connectivity index (χ0n) is 9.04. The van der Waals surface area contributed by atoms with E-state index in [1.165, 1.54) is 0 Å². The van der Waals surface area contributed by atoms with E-state index in [0.29, 0.717) is 26.7 Å². The van der Waals surface area contributed by atoms with E-state index in [1.54, 1.807) is 36.4 Å². The van der Waals surface area contributed by atoms with Crippen molar-refractivity contribution in [2.24, 2.45) is 0 Å². The van der Waals surface area contributed by atoms with Crippen LogP contribution in [0.2, 0.25) is 0 Å². The van der Waals surface area contributed by atoms with Crippen LogP contribution in [0.5, 0.6) is 0 Å². The molecular weight excluding hydrogens is 360 g/mol. The van der Waals surface area contributed by atoms with Crippen molar-refractivity contribution >= 4 is 43.4 Å². The first-order chi connectivity index (χ1) is 8.61. The van der Waals surface area contributed by atoms with Crippen LogP contribution in [-0.4, -0.2) is 11.6 Å². The summed E-state index contributed by atoms with van der Waals surface area (Å²) in [6, 6.07) is 10.4. The molecule has 2 nitrogen and oxygen atoms in total. The third kappa shape index (κ3) is 1.52. The molecule has 0 amide bonds. The Hall–Kier alpha value is -1.26. The summed E-state index contributed by atoms with van der Waals surface area (Å²) in [5.41, 5.74) is 1.83. The second kappa shape index (κ2) is 4.14. The van der Waals surface area contributed by atoms with Gasteiger partial charge in [0.2, 0.25) is 0 Å². The van der Waals surface area contributed by atoms with Gasteiger partial charge in [0.25, 0.3) is 0 Å². The number of hydrogen-bond acceptors (Lipinski definition) is 2. The van der Waals surface area contributed by atoms with E-state index in [2.05, 4.69) is 31.9 Å². The van der Waals surface area contributed by atoms with Gasteiger partial charge in [-0.25, -0.2) is 0 Å². The maximum Gasteiger partial charge on any atom is 0.195 e. The van der Waals surface area contributed by atoms with Gasteiger partial charge in [-0.2, -0.15) is 0 Å². The number of hydrogen-bond donors (Lipinski definition) is 0. The number of ketones is 2. The van der Waals surface area contributed by atoms with E-state index in [0.717, 1.165) is 4.47 Å². The molecule has 2 aromatic rings. The second-order valence-corrected chi connectivity index (χ2v) is 5.64. The molecule has 1 aliphatic carbocycles. The van der Waals surface area contributed by atoms with Crippen LogP contribution in [0.25, 0.3) is 0 Å². The van der Waals surface area contributed by atoms with E-state index in [-0.39, 0.29) is 11.6 Å². The summed E-state index contributed by atoms with van der Waals surface area (Å²) in [5, 5.41) is 0. The summed E-state index contributed by atoms with van der Waals surface area (Å²) < 4.78 is 1.40. The number of carbonyl (C=O) groups is 2. The fourth-order valence-electron chi connectivity index (χ4n) is 2.12. The van der Waals surface area contributed by atoms with Crippen molar-refractivity contribution in [1.29, 1.82) is 0 Å². The van der Waals surface area contributed by atoms with Crippen LogP contribution in [-0.2, 0) is 0 Å². The van der Waals surface area contributed by atoms with Crippen molar-refractivity contribution in [2.45, 2.75) is 0 Å². The van der Waals surface area contributed by atoms with Crippen molar-refractivity contribution in [3.05, 3.63) is 67.6 Å². The van der Waals surface area contributed by atoms with Crippen molar-refractivity contribution in [3.8, 4) is 0 Å². The summed E-state index contributed by atoms with van der Waals surface area (Å²) in [6.45, 7) is 0. The lowest BCUT2D eigenvalue weighted by atomic mass is 9.84. The first kappa shape index (κ1) is 11.8. The van der Waals surface area contributed by atoms with Gasteiger partial charge in [0.1, 0.15) is 0 Å². The molecule has 2 aromatic carbocycles. The first-order valence-electron chi connectivity index (χ1n) is 5.27. The van der Waals surface area contributed by atoms with Gasteiger partial charge >= 0.3 is 0 Å². The zero-order valence-corrected chi connectivity index (χ0v) is 12.2. The Balaban J connectivity index is 2.38. The third-order valence-corrected chi connectivity index (χ3v) is 5.00. The fraction of sp³-hybridized carbons (Fsp3) is 0. The molecule has 88 valence electrons. The molecule has 3 rings (SSSR count). The molecule has 0 saturated heterocycles. The summed E-state index contributed by atoms with van der Waals surface area (Å²) in [7, 11) is 0. The standard InChI is InChI=1S/C14H6Br2O2/c15-10-6-5-9-11(12(10)16)14(18)8-4-2-1-3-7(8)13(9)17/h1-6H. The average Bonchev–Trinajstić information content (AvgIpc) is 2.39.